The van der Waals surface area contributed by atoms with Gasteiger partial charge >= 0.3 is 5.97 Å². The van der Waals surface area contributed by atoms with Crippen LogP contribution >= 0.6 is 0 Å². The summed E-state index contributed by atoms with van der Waals surface area (Å²) in [5, 5.41) is 7.06. The number of carbonyl (C=O) groups excluding carboxylic acids is 1. The topological polar surface area (TPSA) is 56.5 Å². The van der Waals surface area contributed by atoms with Crippen molar-refractivity contribution in [3.8, 4) is 0 Å². The van der Waals surface area contributed by atoms with Crippen molar-refractivity contribution in [3.05, 3.63) is 52.8 Å². The minimum atomic E-state index is -2.85. The van der Waals surface area contributed by atoms with Crippen molar-refractivity contribution in [2.45, 2.75) is 13.3 Å². The molecular weight excluding hydrogens is 280 g/mol. The summed E-state index contributed by atoms with van der Waals surface area (Å²) in [4.78, 5) is 16.4. The van der Waals surface area contributed by atoms with Crippen LogP contribution in [-0.4, -0.2) is 22.0 Å². The summed E-state index contributed by atoms with van der Waals surface area (Å²) in [6.45, 7) is 1.87. The zero-order chi connectivity index (χ0) is 15.4. The van der Waals surface area contributed by atoms with Crippen LogP contribution < -0.4 is 0 Å². The van der Waals surface area contributed by atoms with Gasteiger partial charge in [-0.3, -0.25) is 4.68 Å². The Morgan fingerprint density at radius 2 is 2.14 bits per heavy atom. The van der Waals surface area contributed by atoms with E-state index in [9.17, 15) is 13.6 Å². The van der Waals surface area contributed by atoms with Crippen molar-refractivity contribution in [1.29, 1.82) is 0 Å². The Morgan fingerprint density at radius 3 is 2.81 bits per heavy atom. The van der Waals surface area contributed by atoms with Gasteiger partial charge in [-0.25, -0.2) is 13.6 Å². The summed E-state index contributed by atoms with van der Waals surface area (Å²) in [7, 11) is 1.44. The second-order valence-electron chi connectivity index (χ2n) is 4.37. The molecule has 0 bridgehead atoms. The highest BCUT2D eigenvalue weighted by Gasteiger charge is 2.23. The zero-order valence-corrected chi connectivity index (χ0v) is 11.5. The van der Waals surface area contributed by atoms with Crippen molar-refractivity contribution in [2.75, 3.05) is 0 Å². The van der Waals surface area contributed by atoms with E-state index in [1.807, 2.05) is 25.1 Å². The lowest BCUT2D eigenvalue weighted by Gasteiger charge is -1.99. The number of aromatic nitrogens is 2. The van der Waals surface area contributed by atoms with Crippen LogP contribution in [0.4, 0.5) is 8.78 Å². The third kappa shape index (κ3) is 3.50. The molecule has 110 valence electrons. The molecule has 5 nitrogen and oxygen atoms in total. The van der Waals surface area contributed by atoms with Crippen LogP contribution in [0.3, 0.4) is 0 Å². The third-order valence-corrected chi connectivity index (χ3v) is 2.80. The van der Waals surface area contributed by atoms with Gasteiger partial charge in [-0.1, -0.05) is 29.4 Å². The first-order chi connectivity index (χ1) is 9.99. The maximum atomic E-state index is 12.7. The molecule has 0 spiro atoms. The quantitative estimate of drug-likeness (QED) is 0.495. The summed E-state index contributed by atoms with van der Waals surface area (Å²) < 4.78 is 26.6. The fourth-order valence-corrected chi connectivity index (χ4v) is 1.74. The molecule has 1 aromatic carbocycles. The molecule has 0 fully saturated rings. The number of carbonyl (C=O) groups is 1. The average molecular weight is 293 g/mol. The van der Waals surface area contributed by atoms with E-state index in [1.54, 1.807) is 6.07 Å². The van der Waals surface area contributed by atoms with E-state index in [-0.39, 0.29) is 5.56 Å². The van der Waals surface area contributed by atoms with Gasteiger partial charge in [0, 0.05) is 13.2 Å². The molecule has 0 aliphatic carbocycles. The Morgan fingerprint density at radius 1 is 1.43 bits per heavy atom. The number of rotatable bonds is 4. The van der Waals surface area contributed by atoms with Crippen molar-refractivity contribution in [1.82, 2.24) is 9.78 Å². The SMILES string of the molecule is Cc1ccccc1/C=N/OC(=O)c1cn(C)nc1C(F)F. The largest absolute Gasteiger partial charge is 0.369 e. The minimum absolute atomic E-state index is 0.297. The normalized spacial score (nSPS) is 11.3. The first kappa shape index (κ1) is 14.8. The van der Waals surface area contributed by atoms with Crippen LogP contribution in [0.5, 0.6) is 0 Å². The number of oxime groups is 1. The molecule has 0 aliphatic heterocycles. The van der Waals surface area contributed by atoms with Gasteiger partial charge in [0.1, 0.15) is 11.3 Å². The van der Waals surface area contributed by atoms with Crippen LogP contribution in [0.1, 0.15) is 33.6 Å². The molecule has 0 saturated heterocycles. The lowest BCUT2D eigenvalue weighted by molar-refractivity contribution is 0.0508. The fourth-order valence-electron chi connectivity index (χ4n) is 1.74. The van der Waals surface area contributed by atoms with E-state index >= 15 is 0 Å². The van der Waals surface area contributed by atoms with Crippen LogP contribution in [-0.2, 0) is 11.9 Å². The molecule has 0 aliphatic rings. The molecule has 0 unspecified atom stereocenters. The molecule has 7 heteroatoms. The first-order valence-corrected chi connectivity index (χ1v) is 6.11. The van der Waals surface area contributed by atoms with Crippen LogP contribution in [0.15, 0.2) is 35.6 Å². The van der Waals surface area contributed by atoms with Crippen molar-refractivity contribution in [2.24, 2.45) is 12.2 Å². The van der Waals surface area contributed by atoms with Gasteiger partial charge < -0.3 is 4.84 Å². The molecule has 2 rings (SSSR count). The Balaban J connectivity index is 2.11. The lowest BCUT2D eigenvalue weighted by atomic mass is 10.1. The van der Waals surface area contributed by atoms with Crippen LogP contribution in [0, 0.1) is 6.92 Å². The highest BCUT2D eigenvalue weighted by Crippen LogP contribution is 2.21. The summed E-state index contributed by atoms with van der Waals surface area (Å²) in [6, 6.07) is 7.34. The van der Waals surface area contributed by atoms with Gasteiger partial charge in [0.25, 0.3) is 6.43 Å². The van der Waals surface area contributed by atoms with Gasteiger partial charge in [0.2, 0.25) is 0 Å². The molecule has 0 N–H and O–H groups in total. The summed E-state index contributed by atoms with van der Waals surface area (Å²) in [6.07, 6.45) is -0.326. The number of benzene rings is 1. The predicted molar refractivity (Wildman–Crippen MR) is 72.4 cm³/mol. The van der Waals surface area contributed by atoms with E-state index in [1.165, 1.54) is 19.5 Å². The smallest absolute Gasteiger partial charge is 0.313 e. The maximum Gasteiger partial charge on any atom is 0.369 e. The highest BCUT2D eigenvalue weighted by atomic mass is 19.3. The fraction of sp³-hybridized carbons (Fsp3) is 0.214. The van der Waals surface area contributed by atoms with Gasteiger partial charge in [-0.15, -0.1) is 0 Å². The number of nitrogens with zero attached hydrogens (tertiary/aromatic N) is 3. The molecule has 0 amide bonds. The van der Waals surface area contributed by atoms with Gasteiger partial charge in [-0.05, 0) is 18.1 Å². The molecule has 1 aromatic heterocycles. The second kappa shape index (κ2) is 6.25. The molecule has 1 heterocycles. The van der Waals surface area contributed by atoms with E-state index in [2.05, 4.69) is 15.1 Å². The Kier molecular flexibility index (Phi) is 4.42. The minimum Gasteiger partial charge on any atom is -0.313 e. The molecule has 0 atom stereocenters. The van der Waals surface area contributed by atoms with Crippen molar-refractivity contribution >= 4 is 12.2 Å². The highest BCUT2D eigenvalue weighted by molar-refractivity contribution is 5.91. The van der Waals surface area contributed by atoms with E-state index in [0.29, 0.717) is 0 Å². The summed E-state index contributed by atoms with van der Waals surface area (Å²) >= 11 is 0. The van der Waals surface area contributed by atoms with Crippen LogP contribution in [0.25, 0.3) is 0 Å². The molecular formula is C14H13F2N3O2. The molecule has 0 saturated carbocycles. The maximum absolute atomic E-state index is 12.7. The monoisotopic (exact) mass is 293 g/mol. The first-order valence-electron chi connectivity index (χ1n) is 6.11. The number of alkyl halides is 2. The Hall–Kier alpha value is -2.57. The second-order valence-corrected chi connectivity index (χ2v) is 4.37. The van der Waals surface area contributed by atoms with Crippen molar-refractivity contribution in [3.63, 3.8) is 0 Å². The van der Waals surface area contributed by atoms with Gasteiger partial charge in [0.15, 0.2) is 0 Å². The predicted octanol–water partition coefficient (Wildman–Crippen LogP) is 2.86. The molecule has 2 aromatic rings. The Bertz CT molecular complexity index is 681. The van der Waals surface area contributed by atoms with E-state index < -0.39 is 18.1 Å². The van der Waals surface area contributed by atoms with Crippen LogP contribution in [0.2, 0.25) is 0 Å². The van der Waals surface area contributed by atoms with Gasteiger partial charge in [0.05, 0.1) is 6.21 Å². The standard InChI is InChI=1S/C14H13F2N3O2/c1-9-5-3-4-6-10(9)7-17-21-14(20)11-8-19(2)18-12(11)13(15)16/h3-8,13H,1-2H3/b17-7+. The lowest BCUT2D eigenvalue weighted by Crippen LogP contribution is -2.04. The van der Waals surface area contributed by atoms with Crippen molar-refractivity contribution < 1.29 is 18.4 Å². The number of aryl methyl sites for hydroxylation is 2. The zero-order valence-electron chi connectivity index (χ0n) is 11.5. The molecule has 21 heavy (non-hydrogen) atoms. The van der Waals surface area contributed by atoms with E-state index in [0.717, 1.165) is 15.8 Å². The average Bonchev–Trinajstić information content (AvgIpc) is 2.83. The molecule has 0 radical (unpaired) electrons. The summed E-state index contributed by atoms with van der Waals surface area (Å²) in [5.74, 6) is -0.969. The third-order valence-electron chi connectivity index (χ3n) is 2.80. The Labute approximate surface area is 119 Å². The number of hydrogen-bond donors (Lipinski definition) is 0. The van der Waals surface area contributed by atoms with E-state index in [4.69, 9.17) is 0 Å². The number of hydrogen-bond acceptors (Lipinski definition) is 4. The summed E-state index contributed by atoms with van der Waals surface area (Å²) in [5.41, 5.74) is 0.806. The number of halogens is 2. The van der Waals surface area contributed by atoms with Gasteiger partial charge in [-0.2, -0.15) is 5.10 Å².